The van der Waals surface area contributed by atoms with Gasteiger partial charge in [0.05, 0.1) is 44.1 Å². The van der Waals surface area contributed by atoms with Gasteiger partial charge in [0.25, 0.3) is 0 Å². The van der Waals surface area contributed by atoms with Gasteiger partial charge in [0.1, 0.15) is 48.8 Å². The molecule has 0 aliphatic carbocycles. The van der Waals surface area contributed by atoms with Crippen molar-refractivity contribution < 1.29 is 64.9 Å². The second-order valence-corrected chi connectivity index (χ2v) is 8.32. The molecule has 0 radical (unpaired) electrons. The molecular weight excluding hydrogens is 438 g/mol. The number of aliphatic hydroxyl groups is 9. The Labute approximate surface area is 183 Å². The number of nitrogens with one attached hydrogen (secondary N) is 1. The molecule has 14 nitrogen and oxygen atoms in total. The SMILES string of the molecule is C[C@H]1OC(O[C@H]2[C@H](O)[C@@H](O)[C@@H](O[C@H]3[C@H](O)[C@@H](CO)N[C@@H]3CO)O[C@@H]2CO)[C@H](O)[C@@H](O)[C@@H]1O. The van der Waals surface area contributed by atoms with E-state index in [1.165, 1.54) is 6.92 Å². The molecule has 32 heavy (non-hydrogen) atoms. The molecule has 3 aliphatic rings. The van der Waals surface area contributed by atoms with Gasteiger partial charge >= 0.3 is 0 Å². The van der Waals surface area contributed by atoms with Crippen molar-refractivity contribution in [1.82, 2.24) is 5.32 Å². The van der Waals surface area contributed by atoms with Crippen molar-refractivity contribution in [1.29, 1.82) is 0 Å². The van der Waals surface area contributed by atoms with Crippen molar-refractivity contribution in [3.63, 3.8) is 0 Å². The molecule has 3 saturated heterocycles. The summed E-state index contributed by atoms with van der Waals surface area (Å²) in [6.07, 6.45) is -17.1. The van der Waals surface area contributed by atoms with Crippen LogP contribution in [0.3, 0.4) is 0 Å². The molecule has 0 aromatic heterocycles. The fraction of sp³-hybridized carbons (Fsp3) is 1.00. The zero-order chi connectivity index (χ0) is 23.7. The normalized spacial score (nSPS) is 52.3. The van der Waals surface area contributed by atoms with E-state index in [4.69, 9.17) is 18.9 Å². The third kappa shape index (κ3) is 4.94. The topological polar surface area (TPSA) is 231 Å². The number of aliphatic hydroxyl groups excluding tert-OH is 9. The van der Waals surface area contributed by atoms with Crippen molar-refractivity contribution in [2.45, 2.75) is 92.6 Å². The predicted octanol–water partition coefficient (Wildman–Crippen LogP) is -6.29. The van der Waals surface area contributed by atoms with Crippen molar-refractivity contribution >= 4 is 0 Å². The largest absolute Gasteiger partial charge is 0.395 e. The predicted molar refractivity (Wildman–Crippen MR) is 101 cm³/mol. The van der Waals surface area contributed by atoms with Crippen molar-refractivity contribution in [2.24, 2.45) is 0 Å². The van der Waals surface area contributed by atoms with Gasteiger partial charge in [-0.05, 0) is 6.92 Å². The molecule has 0 aromatic carbocycles. The summed E-state index contributed by atoms with van der Waals surface area (Å²) in [7, 11) is 0. The van der Waals surface area contributed by atoms with Gasteiger partial charge in [0, 0.05) is 0 Å². The van der Waals surface area contributed by atoms with Gasteiger partial charge in [0.15, 0.2) is 12.6 Å². The van der Waals surface area contributed by atoms with Gasteiger partial charge < -0.3 is 70.2 Å². The summed E-state index contributed by atoms with van der Waals surface area (Å²) < 4.78 is 21.9. The Morgan fingerprint density at radius 2 is 1.19 bits per heavy atom. The molecule has 0 amide bonds. The van der Waals surface area contributed by atoms with Crippen LogP contribution in [0, 0.1) is 0 Å². The summed E-state index contributed by atoms with van der Waals surface area (Å²) in [5.74, 6) is 0. The van der Waals surface area contributed by atoms with E-state index in [1.807, 2.05) is 0 Å². The lowest BCUT2D eigenvalue weighted by atomic mass is 9.97. The summed E-state index contributed by atoms with van der Waals surface area (Å²) in [5, 5.41) is 92.6. The average molecular weight is 471 g/mol. The van der Waals surface area contributed by atoms with E-state index in [9.17, 15) is 46.0 Å². The Bertz CT molecular complexity index is 597. The van der Waals surface area contributed by atoms with E-state index in [2.05, 4.69) is 5.32 Å². The second-order valence-electron chi connectivity index (χ2n) is 8.32. The van der Waals surface area contributed by atoms with Gasteiger partial charge in [-0.3, -0.25) is 0 Å². The Morgan fingerprint density at radius 1 is 0.625 bits per heavy atom. The third-order valence-corrected chi connectivity index (χ3v) is 6.18. The van der Waals surface area contributed by atoms with E-state index < -0.39 is 106 Å². The van der Waals surface area contributed by atoms with Crippen LogP contribution in [0.2, 0.25) is 0 Å². The molecule has 0 saturated carbocycles. The van der Waals surface area contributed by atoms with Crippen LogP contribution in [0.4, 0.5) is 0 Å². The van der Waals surface area contributed by atoms with Crippen LogP contribution in [0.1, 0.15) is 6.92 Å². The summed E-state index contributed by atoms with van der Waals surface area (Å²) in [4.78, 5) is 0. The van der Waals surface area contributed by atoms with Crippen LogP contribution in [0.15, 0.2) is 0 Å². The Balaban J connectivity index is 1.69. The van der Waals surface area contributed by atoms with Crippen molar-refractivity contribution in [3.8, 4) is 0 Å². The minimum absolute atomic E-state index is 0.438. The third-order valence-electron chi connectivity index (χ3n) is 6.18. The molecule has 3 fully saturated rings. The summed E-state index contributed by atoms with van der Waals surface area (Å²) >= 11 is 0. The first-order valence-electron chi connectivity index (χ1n) is 10.4. The maximum Gasteiger partial charge on any atom is 0.187 e. The molecule has 10 N–H and O–H groups in total. The lowest BCUT2D eigenvalue weighted by molar-refractivity contribution is -0.362. The highest BCUT2D eigenvalue weighted by atomic mass is 16.7. The second kappa shape index (κ2) is 10.8. The molecule has 1 unspecified atom stereocenters. The molecular formula is C18H33NO13. The number of hydrogen-bond acceptors (Lipinski definition) is 14. The minimum Gasteiger partial charge on any atom is -0.395 e. The zero-order valence-corrected chi connectivity index (χ0v) is 17.4. The van der Waals surface area contributed by atoms with Crippen molar-refractivity contribution in [3.05, 3.63) is 0 Å². The lowest BCUT2D eigenvalue weighted by Gasteiger charge is -2.46. The molecule has 3 rings (SSSR count). The first-order valence-corrected chi connectivity index (χ1v) is 10.4. The highest BCUT2D eigenvalue weighted by Gasteiger charge is 2.52. The first kappa shape index (κ1) is 26.1. The van der Waals surface area contributed by atoms with E-state index in [0.29, 0.717) is 0 Å². The molecule has 14 heteroatoms. The van der Waals surface area contributed by atoms with Crippen LogP contribution in [-0.2, 0) is 18.9 Å². The number of ether oxygens (including phenoxy) is 4. The van der Waals surface area contributed by atoms with Gasteiger partial charge in [-0.15, -0.1) is 0 Å². The van der Waals surface area contributed by atoms with Gasteiger partial charge in [-0.2, -0.15) is 0 Å². The Morgan fingerprint density at radius 3 is 1.78 bits per heavy atom. The molecule has 0 spiro atoms. The van der Waals surface area contributed by atoms with Crippen molar-refractivity contribution in [2.75, 3.05) is 19.8 Å². The molecule has 3 aliphatic heterocycles. The first-order chi connectivity index (χ1) is 15.1. The highest BCUT2D eigenvalue weighted by molar-refractivity contribution is 5.00. The van der Waals surface area contributed by atoms with Gasteiger partial charge in [-0.1, -0.05) is 0 Å². The smallest absolute Gasteiger partial charge is 0.187 e. The molecule has 0 bridgehead atoms. The quantitative estimate of drug-likeness (QED) is 0.166. The lowest BCUT2D eigenvalue weighted by Crippen LogP contribution is -2.64. The fourth-order valence-electron chi connectivity index (χ4n) is 4.20. The van der Waals surface area contributed by atoms with E-state index in [-0.39, 0.29) is 0 Å². The van der Waals surface area contributed by atoms with Crippen LogP contribution >= 0.6 is 0 Å². The van der Waals surface area contributed by atoms with Gasteiger partial charge in [-0.25, -0.2) is 0 Å². The average Bonchev–Trinajstić information content (AvgIpc) is 3.09. The van der Waals surface area contributed by atoms with E-state index in [1.54, 1.807) is 0 Å². The highest BCUT2D eigenvalue weighted by Crippen LogP contribution is 2.31. The van der Waals surface area contributed by atoms with E-state index >= 15 is 0 Å². The standard InChI is InChI=1S/C18H33NO13/c1-5-9(23)11(25)13(27)17(29-5)32-16-8(4-22)30-18(14(28)12(16)26)31-15-7(3-21)19-6(2-20)10(15)24/h5-28H,2-4H2,1H3/t5-,6-,7-,8-,9-,10-,11+,12-,13-,14-,15-,16-,17?,18-/m1/s1. The fourth-order valence-corrected chi connectivity index (χ4v) is 4.20. The summed E-state index contributed by atoms with van der Waals surface area (Å²) in [6, 6.07) is -1.59. The van der Waals surface area contributed by atoms with E-state index in [0.717, 1.165) is 0 Å². The number of rotatable bonds is 7. The Kier molecular flexibility index (Phi) is 8.79. The number of hydrogen-bond donors (Lipinski definition) is 10. The molecule has 0 aromatic rings. The zero-order valence-electron chi connectivity index (χ0n) is 17.4. The van der Waals surface area contributed by atoms with Crippen LogP contribution in [0.5, 0.6) is 0 Å². The summed E-state index contributed by atoms with van der Waals surface area (Å²) in [6.45, 7) is -0.162. The molecule has 188 valence electrons. The monoisotopic (exact) mass is 471 g/mol. The minimum atomic E-state index is -1.74. The van der Waals surface area contributed by atoms with Crippen LogP contribution in [-0.4, -0.2) is 151 Å². The maximum absolute atomic E-state index is 10.6. The van der Waals surface area contributed by atoms with Crippen LogP contribution in [0.25, 0.3) is 0 Å². The Hall–Kier alpha value is -0.560. The van der Waals surface area contributed by atoms with Crippen LogP contribution < -0.4 is 5.32 Å². The summed E-state index contributed by atoms with van der Waals surface area (Å²) in [5.41, 5.74) is 0. The maximum atomic E-state index is 10.6. The van der Waals surface area contributed by atoms with Gasteiger partial charge in [0.2, 0.25) is 0 Å². The molecule has 3 heterocycles. The molecule has 14 atom stereocenters.